The number of hydrazine groups is 1. The van der Waals surface area contributed by atoms with E-state index in [-0.39, 0.29) is 17.7 Å². The minimum Gasteiger partial charge on any atom is -0.322 e. The van der Waals surface area contributed by atoms with E-state index in [1.807, 2.05) is 0 Å². The Labute approximate surface area is 131 Å². The van der Waals surface area contributed by atoms with Crippen LogP contribution in [0, 0.1) is 5.92 Å². The van der Waals surface area contributed by atoms with Gasteiger partial charge >= 0.3 is 6.03 Å². The van der Waals surface area contributed by atoms with Crippen molar-refractivity contribution in [3.05, 3.63) is 0 Å². The van der Waals surface area contributed by atoms with Gasteiger partial charge in [-0.2, -0.15) is 5.01 Å². The van der Waals surface area contributed by atoms with E-state index in [1.165, 1.54) is 0 Å². The van der Waals surface area contributed by atoms with Crippen molar-refractivity contribution >= 4 is 17.8 Å². The summed E-state index contributed by atoms with van der Waals surface area (Å²) in [4.78, 5) is 37.1. The maximum atomic E-state index is 12.6. The molecule has 3 rings (SSSR count). The molecule has 1 saturated heterocycles. The van der Waals surface area contributed by atoms with Crippen molar-refractivity contribution in [3.8, 4) is 0 Å². The summed E-state index contributed by atoms with van der Waals surface area (Å²) in [7, 11) is 0. The monoisotopic (exact) mass is 307 g/mol. The van der Waals surface area contributed by atoms with Crippen LogP contribution in [0.15, 0.2) is 0 Å². The second-order valence-electron chi connectivity index (χ2n) is 6.88. The number of urea groups is 1. The molecule has 1 heterocycles. The fourth-order valence-electron chi connectivity index (χ4n) is 3.96. The minimum absolute atomic E-state index is 0.0778. The van der Waals surface area contributed by atoms with Crippen LogP contribution >= 0.6 is 0 Å². The molecule has 0 atom stereocenters. The molecular weight excluding hydrogens is 282 g/mol. The molecule has 0 aromatic rings. The molecule has 1 aliphatic heterocycles. The second kappa shape index (κ2) is 6.26. The zero-order chi connectivity index (χ0) is 15.6. The maximum Gasteiger partial charge on any atom is 0.344 e. The Balaban J connectivity index is 1.65. The first-order valence-electron chi connectivity index (χ1n) is 8.60. The molecule has 3 aliphatic rings. The third kappa shape index (κ3) is 2.83. The molecular formula is C16H25N3O3. The van der Waals surface area contributed by atoms with Gasteiger partial charge in [0.25, 0.3) is 5.91 Å². The summed E-state index contributed by atoms with van der Waals surface area (Å²) in [6, 6.07) is -0.478. The summed E-state index contributed by atoms with van der Waals surface area (Å²) in [6.45, 7) is 0. The first-order chi connectivity index (χ1) is 10.6. The van der Waals surface area contributed by atoms with Crippen LogP contribution in [0.5, 0.6) is 0 Å². The highest BCUT2D eigenvalue weighted by atomic mass is 16.2. The Morgan fingerprint density at radius 2 is 1.59 bits per heavy atom. The van der Waals surface area contributed by atoms with Gasteiger partial charge in [0.15, 0.2) is 0 Å². The highest BCUT2D eigenvalue weighted by molar-refractivity contribution is 6.08. The van der Waals surface area contributed by atoms with Gasteiger partial charge in [0.1, 0.15) is 5.54 Å². The van der Waals surface area contributed by atoms with Gasteiger partial charge in [-0.3, -0.25) is 15.0 Å². The highest BCUT2D eigenvalue weighted by Crippen LogP contribution is 2.33. The van der Waals surface area contributed by atoms with Gasteiger partial charge in [0, 0.05) is 5.92 Å². The molecule has 1 spiro atoms. The molecule has 0 radical (unpaired) electrons. The molecule has 0 unspecified atom stereocenters. The van der Waals surface area contributed by atoms with Crippen molar-refractivity contribution in [3.63, 3.8) is 0 Å². The van der Waals surface area contributed by atoms with Gasteiger partial charge in [-0.15, -0.1) is 0 Å². The smallest absolute Gasteiger partial charge is 0.322 e. The molecule has 122 valence electrons. The van der Waals surface area contributed by atoms with E-state index < -0.39 is 11.6 Å². The summed E-state index contributed by atoms with van der Waals surface area (Å²) in [5.41, 5.74) is 1.81. The van der Waals surface area contributed by atoms with Gasteiger partial charge in [-0.25, -0.2) is 4.79 Å². The molecule has 2 aliphatic carbocycles. The number of carbonyl (C=O) groups is 3. The Kier molecular flexibility index (Phi) is 4.36. The van der Waals surface area contributed by atoms with Crippen LogP contribution in [0.25, 0.3) is 0 Å². The van der Waals surface area contributed by atoms with E-state index in [9.17, 15) is 14.4 Å². The van der Waals surface area contributed by atoms with E-state index in [0.717, 1.165) is 62.8 Å². The number of nitrogens with one attached hydrogen (secondary N) is 2. The second-order valence-corrected chi connectivity index (χ2v) is 6.88. The van der Waals surface area contributed by atoms with Crippen molar-refractivity contribution < 1.29 is 14.4 Å². The summed E-state index contributed by atoms with van der Waals surface area (Å²) >= 11 is 0. The van der Waals surface area contributed by atoms with Crippen LogP contribution in [0.2, 0.25) is 0 Å². The van der Waals surface area contributed by atoms with Crippen LogP contribution in [-0.2, 0) is 9.59 Å². The van der Waals surface area contributed by atoms with E-state index >= 15 is 0 Å². The van der Waals surface area contributed by atoms with E-state index in [1.54, 1.807) is 0 Å². The fourth-order valence-corrected chi connectivity index (χ4v) is 3.96. The van der Waals surface area contributed by atoms with E-state index in [4.69, 9.17) is 0 Å². The summed E-state index contributed by atoms with van der Waals surface area (Å²) in [5, 5.41) is 3.74. The van der Waals surface area contributed by atoms with Gasteiger partial charge in [-0.1, -0.05) is 44.9 Å². The topological polar surface area (TPSA) is 78.5 Å². The number of carbonyl (C=O) groups excluding carboxylic acids is 3. The number of hydrogen-bond acceptors (Lipinski definition) is 3. The molecule has 22 heavy (non-hydrogen) atoms. The molecule has 6 nitrogen and oxygen atoms in total. The van der Waals surface area contributed by atoms with Crippen LogP contribution < -0.4 is 10.7 Å². The quantitative estimate of drug-likeness (QED) is 0.606. The lowest BCUT2D eigenvalue weighted by Gasteiger charge is -2.30. The fraction of sp³-hybridized carbons (Fsp3) is 0.812. The van der Waals surface area contributed by atoms with Crippen molar-refractivity contribution in [2.45, 2.75) is 76.2 Å². The van der Waals surface area contributed by atoms with E-state index in [2.05, 4.69) is 10.7 Å². The lowest BCUT2D eigenvalue weighted by atomic mass is 9.82. The third-order valence-corrected chi connectivity index (χ3v) is 5.32. The molecule has 0 aromatic heterocycles. The minimum atomic E-state index is -0.772. The largest absolute Gasteiger partial charge is 0.344 e. The third-order valence-electron chi connectivity index (χ3n) is 5.32. The van der Waals surface area contributed by atoms with Crippen molar-refractivity contribution in [2.24, 2.45) is 5.92 Å². The van der Waals surface area contributed by atoms with Crippen LogP contribution in [0.1, 0.15) is 70.6 Å². The molecule has 6 heteroatoms. The average molecular weight is 307 g/mol. The Bertz CT molecular complexity index is 463. The summed E-state index contributed by atoms with van der Waals surface area (Å²) < 4.78 is 0. The Morgan fingerprint density at radius 3 is 2.23 bits per heavy atom. The Morgan fingerprint density at radius 1 is 1.00 bits per heavy atom. The van der Waals surface area contributed by atoms with Gasteiger partial charge in [-0.05, 0) is 25.7 Å². The van der Waals surface area contributed by atoms with Crippen LogP contribution in [0.4, 0.5) is 4.79 Å². The molecule has 3 fully saturated rings. The average Bonchev–Trinajstić information content (AvgIpc) is 2.74. The van der Waals surface area contributed by atoms with E-state index in [0.29, 0.717) is 12.8 Å². The van der Waals surface area contributed by atoms with Crippen molar-refractivity contribution in [1.82, 2.24) is 15.8 Å². The number of amides is 4. The predicted molar refractivity (Wildman–Crippen MR) is 80.5 cm³/mol. The number of rotatable bonds is 2. The maximum absolute atomic E-state index is 12.6. The summed E-state index contributed by atoms with van der Waals surface area (Å²) in [6.07, 6.45) is 10.4. The molecule has 4 amide bonds. The first-order valence-corrected chi connectivity index (χ1v) is 8.60. The first kappa shape index (κ1) is 15.3. The van der Waals surface area contributed by atoms with Gasteiger partial charge in [0.2, 0.25) is 5.91 Å². The lowest BCUT2D eigenvalue weighted by Crippen LogP contribution is -2.51. The standard InChI is InChI=1S/C16H25N3O3/c20-13(12-8-4-1-2-5-9-12)18-19-14(21)16(17-15(19)22)10-6-3-7-11-16/h12H,1-11H2,(H,17,22)(H,18,20). The lowest BCUT2D eigenvalue weighted by molar-refractivity contribution is -0.141. The molecule has 2 saturated carbocycles. The highest BCUT2D eigenvalue weighted by Gasteiger charge is 2.52. The number of hydrogen-bond donors (Lipinski definition) is 2. The molecule has 0 bridgehead atoms. The zero-order valence-corrected chi connectivity index (χ0v) is 13.0. The molecule has 0 aromatic carbocycles. The van der Waals surface area contributed by atoms with Crippen LogP contribution in [0.3, 0.4) is 0 Å². The molecule has 2 N–H and O–H groups in total. The van der Waals surface area contributed by atoms with Gasteiger partial charge < -0.3 is 5.32 Å². The normalized spacial score (nSPS) is 25.9. The summed E-state index contributed by atoms with van der Waals surface area (Å²) in [5.74, 6) is -0.538. The predicted octanol–water partition coefficient (Wildman–Crippen LogP) is 2.24. The number of imide groups is 1. The SMILES string of the molecule is O=C(NN1C(=O)NC2(CCCCC2)C1=O)C1CCCCCC1. The zero-order valence-electron chi connectivity index (χ0n) is 13.0. The Hall–Kier alpha value is -1.59. The van der Waals surface area contributed by atoms with Gasteiger partial charge in [0.05, 0.1) is 0 Å². The van der Waals surface area contributed by atoms with Crippen molar-refractivity contribution in [2.75, 3.05) is 0 Å². The van der Waals surface area contributed by atoms with Crippen molar-refractivity contribution in [1.29, 1.82) is 0 Å². The number of nitrogens with zero attached hydrogens (tertiary/aromatic N) is 1. The van der Waals surface area contributed by atoms with Crippen LogP contribution in [-0.4, -0.2) is 28.4 Å².